The summed E-state index contributed by atoms with van der Waals surface area (Å²) in [5.74, 6) is 0. The molecule has 102 valence electrons. The molecule has 0 atom stereocenters. The average Bonchev–Trinajstić information content (AvgIpc) is 2.41. The molecule has 0 bridgehead atoms. The molecule has 20 heavy (non-hydrogen) atoms. The predicted octanol–water partition coefficient (Wildman–Crippen LogP) is 4.42. The van der Waals surface area contributed by atoms with E-state index in [4.69, 9.17) is 0 Å². The van der Waals surface area contributed by atoms with E-state index in [-0.39, 0.29) is 11.4 Å². The van der Waals surface area contributed by atoms with E-state index in [0.29, 0.717) is 14.3 Å². The molecule has 0 saturated carbocycles. The molecule has 0 aliphatic rings. The van der Waals surface area contributed by atoms with Crippen molar-refractivity contribution in [2.24, 2.45) is 0 Å². The Morgan fingerprint density at radius 3 is 2.15 bits per heavy atom. The highest BCUT2D eigenvalue weighted by atomic mass is 79.9. The minimum Gasteiger partial charge on any atom is -0.258 e. The molecular formula is C12H7BrN2O4S. The molecule has 2 aromatic carbocycles. The van der Waals surface area contributed by atoms with Gasteiger partial charge in [-0.2, -0.15) is 0 Å². The Morgan fingerprint density at radius 2 is 1.60 bits per heavy atom. The van der Waals surface area contributed by atoms with Crippen LogP contribution in [-0.4, -0.2) is 9.85 Å². The van der Waals surface area contributed by atoms with Crippen molar-refractivity contribution in [2.45, 2.75) is 9.79 Å². The summed E-state index contributed by atoms with van der Waals surface area (Å²) in [4.78, 5) is 21.8. The van der Waals surface area contributed by atoms with Crippen molar-refractivity contribution in [1.29, 1.82) is 0 Å². The van der Waals surface area contributed by atoms with Crippen LogP contribution in [0, 0.1) is 20.2 Å². The molecule has 8 heteroatoms. The molecule has 0 aliphatic carbocycles. The fourth-order valence-electron chi connectivity index (χ4n) is 1.48. The maximum atomic E-state index is 11.0. The first-order chi connectivity index (χ1) is 9.47. The minimum absolute atomic E-state index is 0.0114. The van der Waals surface area contributed by atoms with E-state index in [0.717, 1.165) is 0 Å². The molecule has 0 N–H and O–H groups in total. The van der Waals surface area contributed by atoms with Gasteiger partial charge in [-0.05, 0) is 24.3 Å². The van der Waals surface area contributed by atoms with E-state index >= 15 is 0 Å². The van der Waals surface area contributed by atoms with Crippen LogP contribution in [-0.2, 0) is 0 Å². The van der Waals surface area contributed by atoms with E-state index in [1.165, 1.54) is 30.0 Å². The van der Waals surface area contributed by atoms with Gasteiger partial charge < -0.3 is 0 Å². The van der Waals surface area contributed by atoms with E-state index in [9.17, 15) is 20.2 Å². The Balaban J connectivity index is 2.30. The predicted molar refractivity (Wildman–Crippen MR) is 78.0 cm³/mol. The largest absolute Gasteiger partial charge is 0.284 e. The molecule has 2 aromatic rings. The fraction of sp³-hybridized carbons (Fsp3) is 0. The monoisotopic (exact) mass is 354 g/mol. The zero-order valence-electron chi connectivity index (χ0n) is 9.86. The highest BCUT2D eigenvalue weighted by molar-refractivity contribution is 9.10. The lowest BCUT2D eigenvalue weighted by Gasteiger charge is -2.03. The van der Waals surface area contributed by atoms with Crippen LogP contribution in [0.5, 0.6) is 0 Å². The number of halogens is 1. The van der Waals surface area contributed by atoms with E-state index in [1.807, 2.05) is 0 Å². The molecule has 0 aliphatic heterocycles. The molecule has 0 spiro atoms. The second kappa shape index (κ2) is 6.02. The number of hydrogen-bond acceptors (Lipinski definition) is 5. The summed E-state index contributed by atoms with van der Waals surface area (Å²) in [5, 5.41) is 21.5. The average molecular weight is 355 g/mol. The number of benzene rings is 2. The number of hydrogen-bond donors (Lipinski definition) is 0. The fourth-order valence-corrected chi connectivity index (χ4v) is 2.73. The van der Waals surface area contributed by atoms with Crippen molar-refractivity contribution in [1.82, 2.24) is 0 Å². The van der Waals surface area contributed by atoms with Crippen LogP contribution in [0.3, 0.4) is 0 Å². The molecule has 0 fully saturated rings. The first-order valence-corrected chi connectivity index (χ1v) is 6.94. The molecule has 0 unspecified atom stereocenters. The summed E-state index contributed by atoms with van der Waals surface area (Å²) >= 11 is 4.37. The number of rotatable bonds is 4. The van der Waals surface area contributed by atoms with Crippen molar-refractivity contribution >= 4 is 39.1 Å². The van der Waals surface area contributed by atoms with Gasteiger partial charge in [-0.25, -0.2) is 0 Å². The minimum atomic E-state index is -0.490. The summed E-state index contributed by atoms with van der Waals surface area (Å²) in [6.45, 7) is 0. The van der Waals surface area contributed by atoms with Gasteiger partial charge in [0, 0.05) is 27.6 Å². The lowest BCUT2D eigenvalue weighted by molar-refractivity contribution is -0.387. The van der Waals surface area contributed by atoms with Gasteiger partial charge in [0.2, 0.25) is 0 Å². The van der Waals surface area contributed by atoms with Gasteiger partial charge in [0.05, 0.1) is 14.7 Å². The Morgan fingerprint density at radius 1 is 0.950 bits per heavy atom. The van der Waals surface area contributed by atoms with Crippen LogP contribution in [0.2, 0.25) is 0 Å². The quantitative estimate of drug-likeness (QED) is 0.599. The highest BCUT2D eigenvalue weighted by Crippen LogP contribution is 2.36. The van der Waals surface area contributed by atoms with Gasteiger partial charge in [0.25, 0.3) is 11.4 Å². The highest BCUT2D eigenvalue weighted by Gasteiger charge is 2.15. The molecule has 0 heterocycles. The summed E-state index contributed by atoms with van der Waals surface area (Å²) < 4.78 is 0.622. The van der Waals surface area contributed by atoms with E-state index in [2.05, 4.69) is 15.9 Å². The standard InChI is InChI=1S/C12H7BrN2O4S/c13-8-1-6-12(11(7-8)15(18)19)20-10-4-2-9(3-5-10)14(16)17/h1-7H. The van der Waals surface area contributed by atoms with Gasteiger partial charge >= 0.3 is 0 Å². The van der Waals surface area contributed by atoms with Gasteiger partial charge in [0.15, 0.2) is 0 Å². The summed E-state index contributed by atoms with van der Waals surface area (Å²) in [6.07, 6.45) is 0. The molecule has 0 amide bonds. The number of nitro groups is 2. The third kappa shape index (κ3) is 3.34. The SMILES string of the molecule is O=[N+]([O-])c1ccc(Sc2ccc(Br)cc2[N+](=O)[O-])cc1. The van der Waals surface area contributed by atoms with Crippen LogP contribution in [0.15, 0.2) is 56.7 Å². The number of nitro benzene ring substituents is 2. The Bertz CT molecular complexity index is 676. The van der Waals surface area contributed by atoms with Crippen molar-refractivity contribution in [3.05, 3.63) is 67.2 Å². The topological polar surface area (TPSA) is 86.3 Å². The van der Waals surface area contributed by atoms with Crippen molar-refractivity contribution in [3.63, 3.8) is 0 Å². The number of non-ortho nitro benzene ring substituents is 1. The molecule has 0 saturated heterocycles. The smallest absolute Gasteiger partial charge is 0.258 e. The molecule has 0 aromatic heterocycles. The second-order valence-corrected chi connectivity index (χ2v) is 5.75. The van der Waals surface area contributed by atoms with Gasteiger partial charge in [-0.1, -0.05) is 27.7 Å². The molecule has 6 nitrogen and oxygen atoms in total. The number of nitrogens with zero attached hydrogens (tertiary/aromatic N) is 2. The van der Waals surface area contributed by atoms with Crippen molar-refractivity contribution < 1.29 is 9.85 Å². The van der Waals surface area contributed by atoms with Crippen LogP contribution >= 0.6 is 27.7 Å². The molecule has 0 radical (unpaired) electrons. The van der Waals surface area contributed by atoms with Crippen LogP contribution in [0.1, 0.15) is 0 Å². The first kappa shape index (κ1) is 14.5. The van der Waals surface area contributed by atoms with Crippen molar-refractivity contribution in [2.75, 3.05) is 0 Å². The maximum absolute atomic E-state index is 11.0. The van der Waals surface area contributed by atoms with Crippen LogP contribution in [0.4, 0.5) is 11.4 Å². The Kier molecular flexibility index (Phi) is 4.35. The second-order valence-electron chi connectivity index (χ2n) is 3.72. The lowest BCUT2D eigenvalue weighted by atomic mass is 10.3. The molecular weight excluding hydrogens is 348 g/mol. The van der Waals surface area contributed by atoms with Gasteiger partial charge in [-0.15, -0.1) is 0 Å². The van der Waals surface area contributed by atoms with Crippen molar-refractivity contribution in [3.8, 4) is 0 Å². The zero-order valence-corrected chi connectivity index (χ0v) is 12.3. The summed E-state index contributed by atoms with van der Waals surface area (Å²) in [5.41, 5.74) is -0.0256. The van der Waals surface area contributed by atoms with Gasteiger partial charge in [0.1, 0.15) is 0 Å². The third-order valence-corrected chi connectivity index (χ3v) is 3.96. The Hall–Kier alpha value is -1.93. The maximum Gasteiger partial charge on any atom is 0.284 e. The van der Waals surface area contributed by atoms with E-state index < -0.39 is 9.85 Å². The van der Waals surface area contributed by atoms with Gasteiger partial charge in [-0.3, -0.25) is 20.2 Å². The molecule has 2 rings (SSSR count). The Labute approximate surface area is 126 Å². The van der Waals surface area contributed by atoms with Crippen LogP contribution in [0.25, 0.3) is 0 Å². The third-order valence-electron chi connectivity index (χ3n) is 2.39. The summed E-state index contributed by atoms with van der Waals surface area (Å²) in [6, 6.07) is 10.6. The zero-order chi connectivity index (χ0) is 14.7. The normalized spacial score (nSPS) is 10.2. The summed E-state index contributed by atoms with van der Waals surface area (Å²) in [7, 11) is 0. The first-order valence-electron chi connectivity index (χ1n) is 5.33. The lowest BCUT2D eigenvalue weighted by Crippen LogP contribution is -1.91. The van der Waals surface area contributed by atoms with Crippen LogP contribution < -0.4 is 0 Å². The van der Waals surface area contributed by atoms with E-state index in [1.54, 1.807) is 24.3 Å².